The van der Waals surface area contributed by atoms with Gasteiger partial charge in [-0.15, -0.1) is 0 Å². The van der Waals surface area contributed by atoms with Crippen LogP contribution < -0.4 is 10.9 Å². The molecule has 2 aromatic heterocycles. The summed E-state index contributed by atoms with van der Waals surface area (Å²) in [5.74, 6) is 0.476. The van der Waals surface area contributed by atoms with E-state index >= 15 is 0 Å². The van der Waals surface area contributed by atoms with Crippen molar-refractivity contribution in [2.75, 3.05) is 26.0 Å². The number of para-hydroxylation sites is 1. The first kappa shape index (κ1) is 15.2. The molecular formula is C16H20N6O. The molecule has 7 nitrogen and oxygen atoms in total. The molecule has 0 spiro atoms. The first-order chi connectivity index (χ1) is 11.0. The van der Waals surface area contributed by atoms with Crippen molar-refractivity contribution in [3.63, 3.8) is 0 Å². The molecule has 0 bridgehead atoms. The van der Waals surface area contributed by atoms with Crippen molar-refractivity contribution in [3.8, 4) is 0 Å². The van der Waals surface area contributed by atoms with E-state index in [0.29, 0.717) is 23.4 Å². The fourth-order valence-electron chi connectivity index (χ4n) is 2.57. The van der Waals surface area contributed by atoms with Crippen LogP contribution in [0.25, 0.3) is 10.9 Å². The van der Waals surface area contributed by atoms with Gasteiger partial charge in [0.05, 0.1) is 23.1 Å². The molecule has 0 amide bonds. The Balaban J connectivity index is 1.82. The van der Waals surface area contributed by atoms with Crippen LogP contribution in [0.4, 0.5) is 5.95 Å². The molecule has 3 aromatic rings. The molecule has 1 atom stereocenters. The standard InChI is InChI=1S/C16H20N6O/c1-21(2)14(11-8-18-22(3)10-11)9-17-16-19-13-7-5-4-6-12(13)15(23)20-16/h4-8,10,14H,9H2,1-3H3,(H2,17,19,20,23). The first-order valence-corrected chi connectivity index (χ1v) is 7.42. The van der Waals surface area contributed by atoms with Crippen LogP contribution >= 0.6 is 0 Å². The minimum Gasteiger partial charge on any atom is -0.354 e. The van der Waals surface area contributed by atoms with Crippen LogP contribution in [0.15, 0.2) is 41.5 Å². The van der Waals surface area contributed by atoms with Crippen molar-refractivity contribution in [1.29, 1.82) is 0 Å². The lowest BCUT2D eigenvalue weighted by Crippen LogP contribution is -2.27. The normalized spacial score (nSPS) is 12.7. The summed E-state index contributed by atoms with van der Waals surface area (Å²) in [6.45, 7) is 0.611. The molecule has 7 heteroatoms. The first-order valence-electron chi connectivity index (χ1n) is 7.42. The average molecular weight is 312 g/mol. The van der Waals surface area contributed by atoms with E-state index in [2.05, 4.69) is 25.3 Å². The predicted octanol–water partition coefficient (Wildman–Crippen LogP) is 1.37. The largest absolute Gasteiger partial charge is 0.354 e. The van der Waals surface area contributed by atoms with Gasteiger partial charge in [-0.2, -0.15) is 5.10 Å². The maximum Gasteiger partial charge on any atom is 0.260 e. The fourth-order valence-corrected chi connectivity index (χ4v) is 2.57. The smallest absolute Gasteiger partial charge is 0.260 e. The second-order valence-corrected chi connectivity index (χ2v) is 5.74. The molecule has 1 unspecified atom stereocenters. The van der Waals surface area contributed by atoms with Crippen LogP contribution in [0.1, 0.15) is 11.6 Å². The lowest BCUT2D eigenvalue weighted by molar-refractivity contribution is 0.311. The molecule has 0 aliphatic carbocycles. The fraction of sp³-hybridized carbons (Fsp3) is 0.312. The van der Waals surface area contributed by atoms with Gasteiger partial charge in [-0.3, -0.25) is 14.5 Å². The van der Waals surface area contributed by atoms with E-state index in [0.717, 1.165) is 5.56 Å². The minimum atomic E-state index is -0.138. The number of hydrogen-bond acceptors (Lipinski definition) is 5. The van der Waals surface area contributed by atoms with Crippen LogP contribution in [0.3, 0.4) is 0 Å². The lowest BCUT2D eigenvalue weighted by atomic mass is 10.1. The highest BCUT2D eigenvalue weighted by Gasteiger charge is 2.16. The topological polar surface area (TPSA) is 78.8 Å². The lowest BCUT2D eigenvalue weighted by Gasteiger charge is -2.23. The van der Waals surface area contributed by atoms with Crippen LogP contribution in [0, 0.1) is 0 Å². The van der Waals surface area contributed by atoms with Crippen LogP contribution in [0.2, 0.25) is 0 Å². The second-order valence-electron chi connectivity index (χ2n) is 5.74. The molecule has 0 aliphatic heterocycles. The highest BCUT2D eigenvalue weighted by atomic mass is 16.1. The molecule has 2 heterocycles. The third kappa shape index (κ3) is 3.24. The Morgan fingerprint density at radius 2 is 2.13 bits per heavy atom. The summed E-state index contributed by atoms with van der Waals surface area (Å²) in [7, 11) is 5.91. The van der Waals surface area contributed by atoms with Gasteiger partial charge in [-0.05, 0) is 26.2 Å². The Morgan fingerprint density at radius 3 is 2.83 bits per heavy atom. The number of anilines is 1. The Labute approximate surface area is 134 Å². The molecule has 2 N–H and O–H groups in total. The molecule has 0 radical (unpaired) electrons. The minimum absolute atomic E-state index is 0.125. The van der Waals surface area contributed by atoms with Gasteiger partial charge in [0.2, 0.25) is 5.95 Å². The number of nitrogens with zero attached hydrogens (tertiary/aromatic N) is 4. The quantitative estimate of drug-likeness (QED) is 0.744. The van der Waals surface area contributed by atoms with Gasteiger partial charge in [0.25, 0.3) is 5.56 Å². The molecule has 1 aromatic carbocycles. The van der Waals surface area contributed by atoms with E-state index in [-0.39, 0.29) is 11.6 Å². The zero-order valence-electron chi connectivity index (χ0n) is 13.4. The average Bonchev–Trinajstić information content (AvgIpc) is 2.93. The van der Waals surface area contributed by atoms with Crippen LogP contribution in [0.5, 0.6) is 0 Å². The van der Waals surface area contributed by atoms with Crippen molar-refractivity contribution >= 4 is 16.9 Å². The maximum absolute atomic E-state index is 12.1. The highest BCUT2D eigenvalue weighted by Crippen LogP contribution is 2.17. The van der Waals surface area contributed by atoms with Gasteiger partial charge in [-0.25, -0.2) is 4.98 Å². The molecule has 0 saturated heterocycles. The zero-order chi connectivity index (χ0) is 16.4. The van der Waals surface area contributed by atoms with Gasteiger partial charge in [-0.1, -0.05) is 12.1 Å². The third-order valence-corrected chi connectivity index (χ3v) is 3.81. The van der Waals surface area contributed by atoms with Gasteiger partial charge in [0.1, 0.15) is 0 Å². The number of aromatic nitrogens is 4. The number of hydrogen-bond donors (Lipinski definition) is 2. The molecule has 0 saturated carbocycles. The predicted molar refractivity (Wildman–Crippen MR) is 90.5 cm³/mol. The van der Waals surface area contributed by atoms with Gasteiger partial charge >= 0.3 is 0 Å². The van der Waals surface area contributed by atoms with Crippen molar-refractivity contribution in [2.24, 2.45) is 7.05 Å². The van der Waals surface area contributed by atoms with Crippen molar-refractivity contribution in [3.05, 3.63) is 52.6 Å². The number of fused-ring (bicyclic) bond motifs is 1. The Kier molecular flexibility index (Phi) is 4.12. The number of aromatic amines is 1. The highest BCUT2D eigenvalue weighted by molar-refractivity contribution is 5.78. The number of rotatable bonds is 5. The summed E-state index contributed by atoms with van der Waals surface area (Å²) in [6, 6.07) is 7.43. The second kappa shape index (κ2) is 6.21. The number of aryl methyl sites for hydroxylation is 1. The monoisotopic (exact) mass is 312 g/mol. The van der Waals surface area contributed by atoms with Gasteiger partial charge in [0.15, 0.2) is 0 Å². The van der Waals surface area contributed by atoms with Crippen LogP contribution in [-0.4, -0.2) is 45.3 Å². The summed E-state index contributed by atoms with van der Waals surface area (Å²) in [5, 5.41) is 8.03. The summed E-state index contributed by atoms with van der Waals surface area (Å²) in [4.78, 5) is 21.4. The van der Waals surface area contributed by atoms with Crippen molar-refractivity contribution in [2.45, 2.75) is 6.04 Å². The van der Waals surface area contributed by atoms with Crippen molar-refractivity contribution in [1.82, 2.24) is 24.6 Å². The maximum atomic E-state index is 12.1. The summed E-state index contributed by atoms with van der Waals surface area (Å²) < 4.78 is 1.78. The Morgan fingerprint density at radius 1 is 1.35 bits per heavy atom. The number of benzene rings is 1. The Bertz CT molecular complexity index is 866. The van der Waals surface area contributed by atoms with E-state index in [9.17, 15) is 4.79 Å². The van der Waals surface area contributed by atoms with E-state index in [1.165, 1.54) is 0 Å². The summed E-state index contributed by atoms with van der Waals surface area (Å²) >= 11 is 0. The molecule has 120 valence electrons. The van der Waals surface area contributed by atoms with Gasteiger partial charge < -0.3 is 10.2 Å². The number of nitrogens with one attached hydrogen (secondary N) is 2. The number of likely N-dealkylation sites (N-methyl/N-ethyl adjacent to an activating group) is 1. The number of H-pyrrole nitrogens is 1. The van der Waals surface area contributed by atoms with Crippen molar-refractivity contribution < 1.29 is 0 Å². The molecule has 0 fully saturated rings. The molecule has 23 heavy (non-hydrogen) atoms. The Hall–Kier alpha value is -2.67. The van der Waals surface area contributed by atoms with Crippen LogP contribution in [-0.2, 0) is 7.05 Å². The van der Waals surface area contributed by atoms with E-state index < -0.39 is 0 Å². The SMILES string of the molecule is CN(C)C(CNc1nc2ccccc2c(=O)[nH]1)c1cnn(C)c1. The van der Waals surface area contributed by atoms with E-state index in [1.54, 1.807) is 10.7 Å². The molecule has 3 rings (SSSR count). The van der Waals surface area contributed by atoms with E-state index in [4.69, 9.17) is 0 Å². The van der Waals surface area contributed by atoms with E-state index in [1.807, 2.05) is 51.7 Å². The summed E-state index contributed by atoms with van der Waals surface area (Å²) in [5.41, 5.74) is 1.65. The zero-order valence-corrected chi connectivity index (χ0v) is 13.4. The van der Waals surface area contributed by atoms with Gasteiger partial charge in [0, 0.05) is 25.4 Å². The third-order valence-electron chi connectivity index (χ3n) is 3.81. The summed E-state index contributed by atoms with van der Waals surface area (Å²) in [6.07, 6.45) is 3.84. The molecule has 0 aliphatic rings. The molecular weight excluding hydrogens is 292 g/mol.